The van der Waals surface area contributed by atoms with Crippen molar-refractivity contribution in [1.29, 1.82) is 0 Å². The van der Waals surface area contributed by atoms with E-state index in [0.29, 0.717) is 5.89 Å². The molecule has 0 aliphatic heterocycles. The fourth-order valence-corrected chi connectivity index (χ4v) is 1.96. The van der Waals surface area contributed by atoms with Crippen molar-refractivity contribution < 1.29 is 4.42 Å². The van der Waals surface area contributed by atoms with E-state index in [2.05, 4.69) is 28.3 Å². The van der Waals surface area contributed by atoms with E-state index in [4.69, 9.17) is 4.42 Å². The van der Waals surface area contributed by atoms with Gasteiger partial charge in [0, 0.05) is 18.9 Å². The minimum atomic E-state index is 0.615. The highest BCUT2D eigenvalue weighted by Crippen LogP contribution is 2.24. The summed E-state index contributed by atoms with van der Waals surface area (Å²) >= 11 is 0. The molecule has 0 spiro atoms. The summed E-state index contributed by atoms with van der Waals surface area (Å²) in [6.45, 7) is 3.89. The van der Waals surface area contributed by atoms with Crippen molar-refractivity contribution in [2.45, 2.75) is 13.5 Å². The Morgan fingerprint density at radius 2 is 2.21 bits per heavy atom. The Morgan fingerprint density at radius 1 is 1.26 bits per heavy atom. The molecule has 0 atom stereocenters. The van der Waals surface area contributed by atoms with Crippen LogP contribution in [0.3, 0.4) is 0 Å². The van der Waals surface area contributed by atoms with Gasteiger partial charge >= 0.3 is 0 Å². The number of rotatable bonds is 4. The van der Waals surface area contributed by atoms with Crippen LogP contribution in [-0.2, 0) is 6.54 Å². The van der Waals surface area contributed by atoms with Crippen LogP contribution in [0, 0.1) is 0 Å². The number of oxazole rings is 1. The van der Waals surface area contributed by atoms with Crippen LogP contribution in [0.1, 0.15) is 12.5 Å². The van der Waals surface area contributed by atoms with Crippen LogP contribution in [0.15, 0.2) is 47.1 Å². The fraction of sp³-hybridized carbons (Fsp3) is 0.200. The third-order valence-corrected chi connectivity index (χ3v) is 2.94. The van der Waals surface area contributed by atoms with Gasteiger partial charge in [-0.15, -0.1) is 0 Å². The quantitative estimate of drug-likeness (QED) is 0.776. The summed E-state index contributed by atoms with van der Waals surface area (Å²) in [5.41, 5.74) is 3.78. The van der Waals surface area contributed by atoms with Gasteiger partial charge in [-0.3, -0.25) is 4.98 Å². The molecular formula is C15H15N3O. The molecule has 3 rings (SSSR count). The molecule has 3 aromatic rings. The molecule has 1 N–H and O–H groups in total. The molecule has 2 heterocycles. The minimum absolute atomic E-state index is 0.615. The Bertz CT molecular complexity index is 676. The average molecular weight is 253 g/mol. The smallest absolute Gasteiger partial charge is 0.228 e. The average Bonchev–Trinajstić information content (AvgIpc) is 2.89. The van der Waals surface area contributed by atoms with Gasteiger partial charge in [0.1, 0.15) is 5.52 Å². The molecule has 0 aliphatic rings. The molecule has 0 saturated heterocycles. The van der Waals surface area contributed by atoms with E-state index >= 15 is 0 Å². The topological polar surface area (TPSA) is 51.0 Å². The van der Waals surface area contributed by atoms with Crippen LogP contribution in [0.25, 0.3) is 22.6 Å². The van der Waals surface area contributed by atoms with E-state index in [-0.39, 0.29) is 0 Å². The van der Waals surface area contributed by atoms with Crippen molar-refractivity contribution in [3.8, 4) is 11.5 Å². The Kier molecular flexibility index (Phi) is 3.25. The van der Waals surface area contributed by atoms with Crippen LogP contribution in [0.4, 0.5) is 0 Å². The number of pyridine rings is 1. The van der Waals surface area contributed by atoms with Gasteiger partial charge in [0.15, 0.2) is 5.58 Å². The van der Waals surface area contributed by atoms with Gasteiger partial charge in [0.25, 0.3) is 0 Å². The predicted octanol–water partition coefficient (Wildman–Crippen LogP) is 3.00. The first-order chi connectivity index (χ1) is 9.36. The summed E-state index contributed by atoms with van der Waals surface area (Å²) in [6, 6.07) is 9.91. The lowest BCUT2D eigenvalue weighted by Crippen LogP contribution is -2.11. The SMILES string of the molecule is CCNCc1ccc2nc(-c3cccnc3)oc2c1. The molecular weight excluding hydrogens is 238 g/mol. The highest BCUT2D eigenvalue weighted by atomic mass is 16.3. The van der Waals surface area contributed by atoms with Crippen LogP contribution in [0.2, 0.25) is 0 Å². The second kappa shape index (κ2) is 5.20. The third kappa shape index (κ3) is 2.48. The largest absolute Gasteiger partial charge is 0.436 e. The minimum Gasteiger partial charge on any atom is -0.436 e. The number of hydrogen-bond acceptors (Lipinski definition) is 4. The van der Waals surface area contributed by atoms with E-state index in [1.54, 1.807) is 12.4 Å². The molecule has 96 valence electrons. The van der Waals surface area contributed by atoms with Gasteiger partial charge in [-0.05, 0) is 36.4 Å². The standard InChI is InChI=1S/C15H15N3O/c1-2-16-9-11-5-6-13-14(8-11)19-15(18-13)12-4-3-7-17-10-12/h3-8,10,16H,2,9H2,1H3. The summed E-state index contributed by atoms with van der Waals surface area (Å²) in [6.07, 6.45) is 3.49. The second-order valence-electron chi connectivity index (χ2n) is 4.34. The van der Waals surface area contributed by atoms with Gasteiger partial charge < -0.3 is 9.73 Å². The molecule has 4 heteroatoms. The van der Waals surface area contributed by atoms with Crippen molar-refractivity contribution in [2.75, 3.05) is 6.54 Å². The van der Waals surface area contributed by atoms with E-state index in [9.17, 15) is 0 Å². The van der Waals surface area contributed by atoms with Crippen LogP contribution in [-0.4, -0.2) is 16.5 Å². The maximum atomic E-state index is 5.80. The third-order valence-electron chi connectivity index (χ3n) is 2.94. The summed E-state index contributed by atoms with van der Waals surface area (Å²) in [5.74, 6) is 0.615. The Labute approximate surface area is 111 Å². The summed E-state index contributed by atoms with van der Waals surface area (Å²) in [4.78, 5) is 8.56. The van der Waals surface area contributed by atoms with Crippen molar-refractivity contribution >= 4 is 11.1 Å². The molecule has 0 amide bonds. The number of nitrogens with zero attached hydrogens (tertiary/aromatic N) is 2. The second-order valence-corrected chi connectivity index (χ2v) is 4.34. The van der Waals surface area contributed by atoms with E-state index < -0.39 is 0 Å². The zero-order chi connectivity index (χ0) is 13.1. The molecule has 1 aromatic carbocycles. The molecule has 0 radical (unpaired) electrons. The van der Waals surface area contributed by atoms with Crippen molar-refractivity contribution in [3.63, 3.8) is 0 Å². The first-order valence-corrected chi connectivity index (χ1v) is 6.37. The number of fused-ring (bicyclic) bond motifs is 1. The van der Waals surface area contributed by atoms with E-state index in [1.165, 1.54) is 5.56 Å². The number of aromatic nitrogens is 2. The normalized spacial score (nSPS) is 11.0. The van der Waals surface area contributed by atoms with E-state index in [0.717, 1.165) is 29.8 Å². The van der Waals surface area contributed by atoms with Gasteiger partial charge in [0.2, 0.25) is 5.89 Å². The van der Waals surface area contributed by atoms with Gasteiger partial charge in [-0.2, -0.15) is 0 Å². The first-order valence-electron chi connectivity index (χ1n) is 6.37. The predicted molar refractivity (Wildman–Crippen MR) is 74.6 cm³/mol. The number of hydrogen-bond donors (Lipinski definition) is 1. The first kappa shape index (κ1) is 11.9. The Balaban J connectivity index is 1.97. The molecule has 19 heavy (non-hydrogen) atoms. The number of benzene rings is 1. The van der Waals surface area contributed by atoms with Crippen LogP contribution >= 0.6 is 0 Å². The fourth-order valence-electron chi connectivity index (χ4n) is 1.96. The summed E-state index contributed by atoms with van der Waals surface area (Å²) in [5, 5.41) is 3.30. The van der Waals surface area contributed by atoms with Crippen LogP contribution in [0.5, 0.6) is 0 Å². The van der Waals surface area contributed by atoms with Crippen molar-refractivity contribution in [3.05, 3.63) is 48.3 Å². The van der Waals surface area contributed by atoms with Crippen molar-refractivity contribution in [1.82, 2.24) is 15.3 Å². The summed E-state index contributed by atoms with van der Waals surface area (Å²) in [7, 11) is 0. The molecule has 0 saturated carbocycles. The van der Waals surface area contributed by atoms with Crippen molar-refractivity contribution in [2.24, 2.45) is 0 Å². The lowest BCUT2D eigenvalue weighted by Gasteiger charge is -2.00. The highest BCUT2D eigenvalue weighted by Gasteiger charge is 2.08. The molecule has 0 aliphatic carbocycles. The lowest BCUT2D eigenvalue weighted by molar-refractivity contribution is 0.618. The van der Waals surface area contributed by atoms with E-state index in [1.807, 2.05) is 24.3 Å². The molecule has 0 unspecified atom stereocenters. The van der Waals surface area contributed by atoms with Gasteiger partial charge in [-0.1, -0.05) is 13.0 Å². The Hall–Kier alpha value is -2.20. The van der Waals surface area contributed by atoms with Gasteiger partial charge in [-0.25, -0.2) is 4.98 Å². The zero-order valence-corrected chi connectivity index (χ0v) is 10.8. The summed E-state index contributed by atoms with van der Waals surface area (Å²) < 4.78 is 5.80. The van der Waals surface area contributed by atoms with Crippen LogP contribution < -0.4 is 5.32 Å². The Morgan fingerprint density at radius 3 is 3.00 bits per heavy atom. The number of nitrogens with one attached hydrogen (secondary N) is 1. The maximum Gasteiger partial charge on any atom is 0.228 e. The molecule has 2 aromatic heterocycles. The monoisotopic (exact) mass is 253 g/mol. The molecule has 4 nitrogen and oxygen atoms in total. The highest BCUT2D eigenvalue weighted by molar-refractivity contribution is 5.76. The molecule has 0 bridgehead atoms. The zero-order valence-electron chi connectivity index (χ0n) is 10.8. The lowest BCUT2D eigenvalue weighted by atomic mass is 10.2. The van der Waals surface area contributed by atoms with Gasteiger partial charge in [0.05, 0.1) is 5.56 Å². The molecule has 0 fully saturated rings. The maximum absolute atomic E-state index is 5.80.